The van der Waals surface area contributed by atoms with E-state index in [1.54, 1.807) is 12.1 Å². The number of benzene rings is 1. The number of rotatable bonds is 5. The Kier molecular flexibility index (Phi) is 5.81. The molecule has 0 radical (unpaired) electrons. The first kappa shape index (κ1) is 17.2. The molecule has 1 aromatic carbocycles. The molecule has 3 rings (SSSR count). The Morgan fingerprint density at radius 3 is 2.45 bits per heavy atom. The molecule has 0 bridgehead atoms. The first-order valence-corrected chi connectivity index (χ1v) is 7.96. The number of halogens is 2. The second kappa shape index (κ2) is 7.42. The van der Waals surface area contributed by atoms with E-state index < -0.39 is 0 Å². The molecule has 2 aliphatic rings. The van der Waals surface area contributed by atoms with Crippen LogP contribution in [0.3, 0.4) is 0 Å². The molecule has 1 saturated carbocycles. The van der Waals surface area contributed by atoms with Gasteiger partial charge >= 0.3 is 0 Å². The molecule has 5 heteroatoms. The van der Waals surface area contributed by atoms with Crippen LogP contribution in [0.5, 0.6) is 0 Å². The van der Waals surface area contributed by atoms with Crippen LogP contribution in [0.25, 0.3) is 0 Å². The summed E-state index contributed by atoms with van der Waals surface area (Å²) in [5.41, 5.74) is 0.804. The van der Waals surface area contributed by atoms with Crippen LogP contribution < -0.4 is 10.6 Å². The molecule has 1 aromatic rings. The van der Waals surface area contributed by atoms with Crippen molar-refractivity contribution >= 4 is 18.3 Å². The largest absolute Gasteiger partial charge is 0.347 e. The van der Waals surface area contributed by atoms with E-state index in [4.69, 9.17) is 0 Å². The summed E-state index contributed by atoms with van der Waals surface area (Å²) in [6, 6.07) is 6.51. The third kappa shape index (κ3) is 4.20. The topological polar surface area (TPSA) is 41.1 Å². The van der Waals surface area contributed by atoms with E-state index in [9.17, 15) is 9.18 Å². The highest BCUT2D eigenvalue weighted by Gasteiger charge is 2.45. The molecule has 122 valence electrons. The lowest BCUT2D eigenvalue weighted by molar-refractivity contribution is -0.122. The summed E-state index contributed by atoms with van der Waals surface area (Å²) >= 11 is 0. The maximum atomic E-state index is 13.0. The van der Waals surface area contributed by atoms with Gasteiger partial charge in [0.2, 0.25) is 5.91 Å². The third-order valence-corrected chi connectivity index (χ3v) is 4.76. The molecule has 2 fully saturated rings. The number of hydrogen-bond donors (Lipinski definition) is 2. The van der Waals surface area contributed by atoms with Crippen LogP contribution in [0.15, 0.2) is 24.3 Å². The number of piperidine rings is 1. The quantitative estimate of drug-likeness (QED) is 0.873. The molecular formula is C17H24ClFN2O. The monoisotopic (exact) mass is 326 g/mol. The zero-order chi connectivity index (χ0) is 14.7. The van der Waals surface area contributed by atoms with Gasteiger partial charge < -0.3 is 10.6 Å². The SMILES string of the molecule is Cl.O=C(CCC1CCNCC1)NC1(c2ccc(F)cc2)CC1. The molecule has 0 unspecified atom stereocenters. The fraction of sp³-hybridized carbons (Fsp3) is 0.588. The summed E-state index contributed by atoms with van der Waals surface area (Å²) in [4.78, 5) is 12.2. The van der Waals surface area contributed by atoms with Gasteiger partial charge in [-0.25, -0.2) is 4.39 Å². The summed E-state index contributed by atoms with van der Waals surface area (Å²) in [6.45, 7) is 2.15. The number of carbonyl (C=O) groups excluding carboxylic acids is 1. The van der Waals surface area contributed by atoms with Crippen molar-refractivity contribution in [2.75, 3.05) is 13.1 Å². The Hall–Kier alpha value is -1.13. The lowest BCUT2D eigenvalue weighted by Gasteiger charge is -2.23. The molecule has 2 N–H and O–H groups in total. The predicted molar refractivity (Wildman–Crippen MR) is 87.5 cm³/mol. The third-order valence-electron chi connectivity index (χ3n) is 4.76. The van der Waals surface area contributed by atoms with E-state index in [0.29, 0.717) is 12.3 Å². The maximum absolute atomic E-state index is 13.0. The van der Waals surface area contributed by atoms with Crippen molar-refractivity contribution in [3.63, 3.8) is 0 Å². The van der Waals surface area contributed by atoms with Crippen LogP contribution in [0.2, 0.25) is 0 Å². The Balaban J connectivity index is 0.00000176. The molecule has 1 aliphatic carbocycles. The molecule has 22 heavy (non-hydrogen) atoms. The van der Waals surface area contributed by atoms with Gasteiger partial charge in [-0.3, -0.25) is 4.79 Å². The maximum Gasteiger partial charge on any atom is 0.220 e. The zero-order valence-electron chi connectivity index (χ0n) is 12.7. The minimum atomic E-state index is -0.230. The average Bonchev–Trinajstić information content (AvgIpc) is 3.27. The lowest BCUT2D eigenvalue weighted by atomic mass is 9.93. The molecule has 1 amide bonds. The van der Waals surface area contributed by atoms with Crippen molar-refractivity contribution in [3.8, 4) is 0 Å². The van der Waals surface area contributed by atoms with Crippen LogP contribution in [0.4, 0.5) is 4.39 Å². The van der Waals surface area contributed by atoms with Crippen molar-refractivity contribution in [3.05, 3.63) is 35.6 Å². The van der Waals surface area contributed by atoms with Gasteiger partial charge in [-0.05, 0) is 68.8 Å². The van der Waals surface area contributed by atoms with Gasteiger partial charge in [0.05, 0.1) is 5.54 Å². The number of amides is 1. The Labute approximate surface area is 137 Å². The predicted octanol–water partition coefficient (Wildman–Crippen LogP) is 3.13. The second-order valence-electron chi connectivity index (χ2n) is 6.37. The molecule has 1 heterocycles. The number of hydrogen-bond acceptors (Lipinski definition) is 2. The van der Waals surface area contributed by atoms with Gasteiger partial charge in [-0.2, -0.15) is 0 Å². The van der Waals surface area contributed by atoms with Crippen LogP contribution in [-0.4, -0.2) is 19.0 Å². The molecule has 3 nitrogen and oxygen atoms in total. The van der Waals surface area contributed by atoms with Gasteiger partial charge in [0.25, 0.3) is 0 Å². The van der Waals surface area contributed by atoms with E-state index >= 15 is 0 Å². The molecule has 0 atom stereocenters. The standard InChI is InChI=1S/C17H23FN2O.ClH/c18-15-4-2-14(3-5-15)17(9-10-17)20-16(21)6-1-13-7-11-19-12-8-13;/h2-5,13,19H,1,6-12H2,(H,20,21);1H. The van der Waals surface area contributed by atoms with Gasteiger partial charge in [0.15, 0.2) is 0 Å². The van der Waals surface area contributed by atoms with Crippen LogP contribution >= 0.6 is 12.4 Å². The Bertz CT molecular complexity index is 496. The summed E-state index contributed by atoms with van der Waals surface area (Å²) in [5, 5.41) is 6.51. The van der Waals surface area contributed by atoms with Crippen molar-refractivity contribution in [1.82, 2.24) is 10.6 Å². The van der Waals surface area contributed by atoms with Gasteiger partial charge in [0.1, 0.15) is 5.82 Å². The van der Waals surface area contributed by atoms with Crippen LogP contribution in [0, 0.1) is 11.7 Å². The normalized spacial score (nSPS) is 20.0. The van der Waals surface area contributed by atoms with E-state index in [1.165, 1.54) is 25.0 Å². The molecule has 0 aromatic heterocycles. The minimum absolute atomic E-state index is 0. The van der Waals surface area contributed by atoms with E-state index in [2.05, 4.69) is 10.6 Å². The molecule has 1 saturated heterocycles. The Morgan fingerprint density at radius 1 is 1.23 bits per heavy atom. The van der Waals surface area contributed by atoms with Crippen LogP contribution in [-0.2, 0) is 10.3 Å². The van der Waals surface area contributed by atoms with E-state index in [0.717, 1.165) is 37.9 Å². The van der Waals surface area contributed by atoms with Crippen molar-refractivity contribution < 1.29 is 9.18 Å². The van der Waals surface area contributed by atoms with Crippen molar-refractivity contribution in [2.24, 2.45) is 5.92 Å². The molecule has 0 spiro atoms. The van der Waals surface area contributed by atoms with Crippen LogP contribution in [0.1, 0.15) is 44.1 Å². The highest BCUT2D eigenvalue weighted by atomic mass is 35.5. The zero-order valence-corrected chi connectivity index (χ0v) is 13.6. The summed E-state index contributed by atoms with van der Waals surface area (Å²) in [7, 11) is 0. The lowest BCUT2D eigenvalue weighted by Crippen LogP contribution is -2.35. The Morgan fingerprint density at radius 2 is 1.86 bits per heavy atom. The average molecular weight is 327 g/mol. The molecular weight excluding hydrogens is 303 g/mol. The first-order chi connectivity index (χ1) is 10.2. The van der Waals surface area contributed by atoms with Crippen molar-refractivity contribution in [1.29, 1.82) is 0 Å². The van der Waals surface area contributed by atoms with Crippen molar-refractivity contribution in [2.45, 2.75) is 44.1 Å². The second-order valence-corrected chi connectivity index (χ2v) is 6.37. The number of carbonyl (C=O) groups is 1. The first-order valence-electron chi connectivity index (χ1n) is 7.96. The van der Waals surface area contributed by atoms with Gasteiger partial charge in [-0.15, -0.1) is 12.4 Å². The number of nitrogens with one attached hydrogen (secondary N) is 2. The fourth-order valence-electron chi connectivity index (χ4n) is 3.21. The highest BCUT2D eigenvalue weighted by molar-refractivity contribution is 5.85. The van der Waals surface area contributed by atoms with Gasteiger partial charge in [-0.1, -0.05) is 12.1 Å². The summed E-state index contributed by atoms with van der Waals surface area (Å²) < 4.78 is 13.0. The summed E-state index contributed by atoms with van der Waals surface area (Å²) in [6.07, 6.45) is 5.85. The van der Waals surface area contributed by atoms with E-state index in [-0.39, 0.29) is 29.7 Å². The summed E-state index contributed by atoms with van der Waals surface area (Å²) in [5.74, 6) is 0.583. The van der Waals surface area contributed by atoms with Gasteiger partial charge in [0, 0.05) is 6.42 Å². The molecule has 1 aliphatic heterocycles. The highest BCUT2D eigenvalue weighted by Crippen LogP contribution is 2.45. The smallest absolute Gasteiger partial charge is 0.220 e. The fourth-order valence-corrected chi connectivity index (χ4v) is 3.21. The van der Waals surface area contributed by atoms with E-state index in [1.807, 2.05) is 0 Å². The minimum Gasteiger partial charge on any atom is -0.347 e.